The molecule has 0 saturated heterocycles. The minimum absolute atomic E-state index is 0.0107. The molecule has 0 aromatic carbocycles. The van der Waals surface area contributed by atoms with Gasteiger partial charge in [0.25, 0.3) is 0 Å². The second kappa shape index (κ2) is 7.38. The van der Waals surface area contributed by atoms with Crippen molar-refractivity contribution in [2.75, 3.05) is 24.0 Å². The van der Waals surface area contributed by atoms with Crippen molar-refractivity contribution in [3.63, 3.8) is 0 Å². The number of carbonyl (C=O) groups excluding carboxylic acids is 1. The lowest BCUT2D eigenvalue weighted by Gasteiger charge is -2.14. The summed E-state index contributed by atoms with van der Waals surface area (Å²) in [6, 6.07) is 4.04. The Morgan fingerprint density at radius 1 is 1.50 bits per heavy atom. The summed E-state index contributed by atoms with van der Waals surface area (Å²) in [5.74, 6) is 0.752. The van der Waals surface area contributed by atoms with Crippen LogP contribution in [0.2, 0.25) is 0 Å². The van der Waals surface area contributed by atoms with Crippen LogP contribution in [0.5, 0.6) is 0 Å². The Labute approximate surface area is 138 Å². The van der Waals surface area contributed by atoms with Crippen molar-refractivity contribution in [2.45, 2.75) is 13.3 Å². The first-order valence-electron chi connectivity index (χ1n) is 6.65. The summed E-state index contributed by atoms with van der Waals surface area (Å²) in [5.41, 5.74) is 2.16. The number of anilines is 1. The molecule has 5 nitrogen and oxygen atoms in total. The molecule has 114 valence electrons. The average Bonchev–Trinajstić information content (AvgIpc) is 2.96. The van der Waals surface area contributed by atoms with E-state index in [1.807, 2.05) is 19.2 Å². The molecule has 0 aliphatic heterocycles. The summed E-state index contributed by atoms with van der Waals surface area (Å²) < 4.78 is 0. The number of pyridine rings is 1. The van der Waals surface area contributed by atoms with Crippen LogP contribution in [0.3, 0.4) is 0 Å². The summed E-state index contributed by atoms with van der Waals surface area (Å²) in [5, 5.41) is 10.6. The summed E-state index contributed by atoms with van der Waals surface area (Å²) in [6.07, 6.45) is 5.89. The first-order chi connectivity index (χ1) is 10.6. The van der Waals surface area contributed by atoms with Crippen molar-refractivity contribution in [1.29, 1.82) is 5.26 Å². The smallest absolute Gasteiger partial charge is 0.228 e. The summed E-state index contributed by atoms with van der Waals surface area (Å²) in [6.45, 7) is 1.95. The second-order valence-electron chi connectivity index (χ2n) is 4.73. The maximum absolute atomic E-state index is 12.1. The minimum atomic E-state index is -0.0107. The number of thioether (sulfide) groups is 1. The normalized spacial score (nSPS) is 10.3. The molecule has 7 heteroatoms. The average molecular weight is 332 g/mol. The standard InChI is InChI=1S/C15H16N4OS2/c1-10-6-11(9-17-8-10)14-18-12(7-16)15(22-14)19(2)13(20)4-5-21-3/h6,8-9H,4-5H2,1-3H3. The minimum Gasteiger partial charge on any atom is -0.304 e. The summed E-state index contributed by atoms with van der Waals surface area (Å²) in [4.78, 5) is 22.2. The number of rotatable bonds is 5. The van der Waals surface area contributed by atoms with Gasteiger partial charge in [0.15, 0.2) is 5.69 Å². The number of amides is 1. The predicted molar refractivity (Wildman–Crippen MR) is 91.2 cm³/mol. The van der Waals surface area contributed by atoms with E-state index in [9.17, 15) is 10.1 Å². The van der Waals surface area contributed by atoms with Crippen molar-refractivity contribution in [2.24, 2.45) is 0 Å². The van der Waals surface area contributed by atoms with Crippen LogP contribution in [0, 0.1) is 18.3 Å². The number of carbonyl (C=O) groups is 1. The molecular formula is C15H16N4OS2. The molecule has 2 rings (SSSR count). The highest BCUT2D eigenvalue weighted by atomic mass is 32.2. The quantitative estimate of drug-likeness (QED) is 0.841. The highest BCUT2D eigenvalue weighted by Gasteiger charge is 2.20. The number of thiazole rings is 1. The number of nitriles is 1. The lowest BCUT2D eigenvalue weighted by molar-refractivity contribution is -0.117. The number of aryl methyl sites for hydroxylation is 1. The van der Waals surface area contributed by atoms with E-state index in [4.69, 9.17) is 0 Å². The van der Waals surface area contributed by atoms with E-state index in [1.54, 1.807) is 31.2 Å². The fraction of sp³-hybridized carbons (Fsp3) is 0.333. The molecule has 0 bridgehead atoms. The Morgan fingerprint density at radius 3 is 2.91 bits per heavy atom. The van der Waals surface area contributed by atoms with Crippen LogP contribution < -0.4 is 4.90 Å². The molecule has 0 fully saturated rings. The van der Waals surface area contributed by atoms with Gasteiger partial charge in [0.05, 0.1) is 0 Å². The van der Waals surface area contributed by atoms with E-state index >= 15 is 0 Å². The fourth-order valence-corrected chi connectivity index (χ4v) is 3.23. The lowest BCUT2D eigenvalue weighted by Crippen LogP contribution is -2.26. The third-order valence-electron chi connectivity index (χ3n) is 3.04. The maximum atomic E-state index is 12.1. The maximum Gasteiger partial charge on any atom is 0.228 e. The van der Waals surface area contributed by atoms with E-state index in [1.165, 1.54) is 16.2 Å². The topological polar surface area (TPSA) is 69.9 Å². The summed E-state index contributed by atoms with van der Waals surface area (Å²) >= 11 is 2.96. The van der Waals surface area contributed by atoms with Crippen molar-refractivity contribution in [1.82, 2.24) is 9.97 Å². The molecule has 0 N–H and O–H groups in total. The largest absolute Gasteiger partial charge is 0.304 e. The fourth-order valence-electron chi connectivity index (χ4n) is 1.88. The Bertz CT molecular complexity index is 721. The number of hydrogen-bond acceptors (Lipinski definition) is 6. The van der Waals surface area contributed by atoms with Crippen LogP contribution in [-0.4, -0.2) is 34.9 Å². The van der Waals surface area contributed by atoms with Gasteiger partial charge in [0.2, 0.25) is 5.91 Å². The molecule has 22 heavy (non-hydrogen) atoms. The molecule has 2 aromatic heterocycles. The van der Waals surface area contributed by atoms with Gasteiger partial charge < -0.3 is 4.90 Å². The van der Waals surface area contributed by atoms with Gasteiger partial charge in [-0.3, -0.25) is 9.78 Å². The van der Waals surface area contributed by atoms with Crippen LogP contribution in [0.4, 0.5) is 5.00 Å². The van der Waals surface area contributed by atoms with Crippen LogP contribution in [0.15, 0.2) is 18.5 Å². The number of nitrogens with zero attached hydrogens (tertiary/aromatic N) is 4. The van der Waals surface area contributed by atoms with E-state index in [-0.39, 0.29) is 11.6 Å². The van der Waals surface area contributed by atoms with E-state index in [2.05, 4.69) is 16.0 Å². The van der Waals surface area contributed by atoms with Crippen LogP contribution in [-0.2, 0) is 4.79 Å². The summed E-state index contributed by atoms with van der Waals surface area (Å²) in [7, 11) is 1.69. The third-order valence-corrected chi connectivity index (χ3v) is 4.83. The first kappa shape index (κ1) is 16.5. The molecule has 0 aliphatic rings. The third kappa shape index (κ3) is 3.64. The van der Waals surface area contributed by atoms with Gasteiger partial charge in [-0.25, -0.2) is 4.98 Å². The Kier molecular flexibility index (Phi) is 5.52. The van der Waals surface area contributed by atoms with Gasteiger partial charge in [0.1, 0.15) is 16.1 Å². The molecular weight excluding hydrogens is 316 g/mol. The van der Waals surface area contributed by atoms with E-state index < -0.39 is 0 Å². The molecule has 1 amide bonds. The number of aromatic nitrogens is 2. The molecule has 0 atom stereocenters. The zero-order valence-electron chi connectivity index (χ0n) is 12.7. The molecule has 2 heterocycles. The molecule has 0 aliphatic carbocycles. The SMILES string of the molecule is CSCCC(=O)N(C)c1sc(-c2cncc(C)c2)nc1C#N. The Hall–Kier alpha value is -1.91. The van der Waals surface area contributed by atoms with Crippen LogP contribution in [0.1, 0.15) is 17.7 Å². The van der Waals surface area contributed by atoms with E-state index in [0.717, 1.165) is 16.9 Å². The zero-order chi connectivity index (χ0) is 16.1. The van der Waals surface area contributed by atoms with Gasteiger partial charge in [0, 0.05) is 37.2 Å². The highest BCUT2D eigenvalue weighted by molar-refractivity contribution is 7.98. The molecule has 0 saturated carbocycles. The molecule has 0 spiro atoms. The predicted octanol–water partition coefficient (Wildman–Crippen LogP) is 3.10. The van der Waals surface area contributed by atoms with E-state index in [0.29, 0.717) is 16.4 Å². The monoisotopic (exact) mass is 332 g/mol. The Balaban J connectivity index is 2.33. The highest BCUT2D eigenvalue weighted by Crippen LogP contribution is 2.34. The lowest BCUT2D eigenvalue weighted by atomic mass is 10.2. The Morgan fingerprint density at radius 2 is 2.27 bits per heavy atom. The van der Waals surface area contributed by atoms with Gasteiger partial charge in [-0.2, -0.15) is 17.0 Å². The first-order valence-corrected chi connectivity index (χ1v) is 8.86. The van der Waals surface area contributed by atoms with Gasteiger partial charge in [-0.15, -0.1) is 0 Å². The second-order valence-corrected chi connectivity index (χ2v) is 6.69. The van der Waals surface area contributed by atoms with Gasteiger partial charge in [-0.05, 0) is 24.8 Å². The molecule has 0 unspecified atom stereocenters. The van der Waals surface area contributed by atoms with Gasteiger partial charge in [-0.1, -0.05) is 11.3 Å². The van der Waals surface area contributed by atoms with Crippen molar-refractivity contribution in [3.05, 3.63) is 29.7 Å². The zero-order valence-corrected chi connectivity index (χ0v) is 14.3. The van der Waals surface area contributed by atoms with Crippen molar-refractivity contribution in [3.8, 4) is 16.6 Å². The van der Waals surface area contributed by atoms with Crippen molar-refractivity contribution >= 4 is 34.0 Å². The van der Waals surface area contributed by atoms with Gasteiger partial charge >= 0.3 is 0 Å². The van der Waals surface area contributed by atoms with Crippen LogP contribution >= 0.6 is 23.1 Å². The van der Waals surface area contributed by atoms with Crippen LogP contribution in [0.25, 0.3) is 10.6 Å². The van der Waals surface area contributed by atoms with Crippen molar-refractivity contribution < 1.29 is 4.79 Å². The molecule has 0 radical (unpaired) electrons. The molecule has 2 aromatic rings. The number of hydrogen-bond donors (Lipinski definition) is 0.